The van der Waals surface area contributed by atoms with E-state index in [0.717, 1.165) is 32.2 Å². The Labute approximate surface area is 83.4 Å². The van der Waals surface area contributed by atoms with Crippen LogP contribution in [0.15, 0.2) is 0 Å². The molecule has 2 aliphatic rings. The fourth-order valence-electron chi connectivity index (χ4n) is 2.07. The first kappa shape index (κ1) is 9.65. The molecule has 0 aromatic carbocycles. The fourth-order valence-corrected chi connectivity index (χ4v) is 2.07. The Hall–Kier alpha value is -0.900. The summed E-state index contributed by atoms with van der Waals surface area (Å²) in [6.07, 6.45) is 3.86. The predicted octanol–water partition coefficient (Wildman–Crippen LogP) is -0.0848. The van der Waals surface area contributed by atoms with Gasteiger partial charge in [0.1, 0.15) is 5.78 Å². The van der Waals surface area contributed by atoms with E-state index in [4.69, 9.17) is 5.73 Å². The highest BCUT2D eigenvalue weighted by Gasteiger charge is 2.35. The number of nitrogens with two attached hydrogens (primary N) is 1. The Morgan fingerprint density at radius 3 is 2.57 bits per heavy atom. The zero-order chi connectivity index (χ0) is 10.1. The van der Waals surface area contributed by atoms with Crippen LogP contribution in [-0.2, 0) is 9.59 Å². The zero-order valence-electron chi connectivity index (χ0n) is 8.24. The van der Waals surface area contributed by atoms with Crippen molar-refractivity contribution in [1.29, 1.82) is 0 Å². The van der Waals surface area contributed by atoms with Crippen LogP contribution in [0.3, 0.4) is 0 Å². The standard InChI is InChI=1S/C10H16N2O2/c11-10(14)8-2-1-5-12(8)6-9(13)7-3-4-7/h7-8H,1-6H2,(H2,11,14). The van der Waals surface area contributed by atoms with E-state index in [1.807, 2.05) is 4.90 Å². The molecular weight excluding hydrogens is 180 g/mol. The van der Waals surface area contributed by atoms with Gasteiger partial charge in [0.15, 0.2) is 0 Å². The number of rotatable bonds is 4. The maximum atomic E-state index is 11.5. The first-order chi connectivity index (χ1) is 6.68. The maximum Gasteiger partial charge on any atom is 0.234 e. The van der Waals surface area contributed by atoms with E-state index in [2.05, 4.69) is 0 Å². The van der Waals surface area contributed by atoms with Gasteiger partial charge in [-0.3, -0.25) is 14.5 Å². The van der Waals surface area contributed by atoms with Gasteiger partial charge in [0.2, 0.25) is 5.91 Å². The van der Waals surface area contributed by atoms with Gasteiger partial charge in [-0.05, 0) is 32.2 Å². The molecule has 4 nitrogen and oxygen atoms in total. The molecule has 1 aliphatic heterocycles. The van der Waals surface area contributed by atoms with Crippen LogP contribution >= 0.6 is 0 Å². The lowest BCUT2D eigenvalue weighted by Crippen LogP contribution is -2.42. The van der Waals surface area contributed by atoms with Crippen LogP contribution in [-0.4, -0.2) is 35.7 Å². The van der Waals surface area contributed by atoms with E-state index < -0.39 is 0 Å². The average molecular weight is 196 g/mol. The molecule has 1 saturated heterocycles. The van der Waals surface area contributed by atoms with Gasteiger partial charge < -0.3 is 5.73 Å². The van der Waals surface area contributed by atoms with Crippen LogP contribution in [0.2, 0.25) is 0 Å². The number of carbonyl (C=O) groups is 2. The summed E-state index contributed by atoms with van der Waals surface area (Å²) in [6, 6.07) is -0.197. The molecule has 2 N–H and O–H groups in total. The molecule has 1 amide bonds. The lowest BCUT2D eigenvalue weighted by atomic mass is 10.2. The lowest BCUT2D eigenvalue weighted by molar-refractivity contribution is -0.125. The Morgan fingerprint density at radius 1 is 1.29 bits per heavy atom. The van der Waals surface area contributed by atoms with Crippen molar-refractivity contribution in [3.63, 3.8) is 0 Å². The van der Waals surface area contributed by atoms with E-state index in [1.165, 1.54) is 0 Å². The van der Waals surface area contributed by atoms with Crippen LogP contribution in [0.1, 0.15) is 25.7 Å². The third-order valence-corrected chi connectivity index (χ3v) is 3.08. The highest BCUT2D eigenvalue weighted by molar-refractivity contribution is 5.86. The van der Waals surface area contributed by atoms with E-state index in [1.54, 1.807) is 0 Å². The van der Waals surface area contributed by atoms with Crippen molar-refractivity contribution in [1.82, 2.24) is 4.90 Å². The summed E-state index contributed by atoms with van der Waals surface area (Å²) >= 11 is 0. The molecule has 1 saturated carbocycles. The van der Waals surface area contributed by atoms with Crippen LogP contribution in [0.4, 0.5) is 0 Å². The highest BCUT2D eigenvalue weighted by atomic mass is 16.1. The molecule has 1 heterocycles. The lowest BCUT2D eigenvalue weighted by Gasteiger charge is -2.20. The SMILES string of the molecule is NC(=O)C1CCCN1CC(=O)C1CC1. The number of ketones is 1. The summed E-state index contributed by atoms with van der Waals surface area (Å²) in [7, 11) is 0. The molecular formula is C10H16N2O2. The van der Waals surface area contributed by atoms with Crippen molar-refractivity contribution in [2.24, 2.45) is 11.7 Å². The van der Waals surface area contributed by atoms with Crippen LogP contribution in [0.5, 0.6) is 0 Å². The van der Waals surface area contributed by atoms with E-state index >= 15 is 0 Å². The number of Topliss-reactive ketones (excluding diaryl/α,β-unsaturated/α-hetero) is 1. The Morgan fingerprint density at radius 2 is 2.00 bits per heavy atom. The second-order valence-corrected chi connectivity index (χ2v) is 4.27. The van der Waals surface area contributed by atoms with Gasteiger partial charge >= 0.3 is 0 Å². The molecule has 1 atom stereocenters. The normalized spacial score (nSPS) is 27.9. The molecule has 4 heteroatoms. The Balaban J connectivity index is 1.89. The number of amides is 1. The van der Waals surface area contributed by atoms with Gasteiger partial charge in [-0.15, -0.1) is 0 Å². The van der Waals surface area contributed by atoms with Gasteiger partial charge in [-0.2, -0.15) is 0 Å². The third kappa shape index (κ3) is 1.95. The van der Waals surface area contributed by atoms with Crippen molar-refractivity contribution < 1.29 is 9.59 Å². The predicted molar refractivity (Wildman–Crippen MR) is 51.5 cm³/mol. The van der Waals surface area contributed by atoms with Gasteiger partial charge in [0.05, 0.1) is 12.6 Å². The van der Waals surface area contributed by atoms with Crippen molar-refractivity contribution in [2.45, 2.75) is 31.7 Å². The minimum Gasteiger partial charge on any atom is -0.368 e. The Kier molecular flexibility index (Phi) is 2.54. The summed E-state index contributed by atoms with van der Waals surface area (Å²) in [4.78, 5) is 24.5. The molecule has 2 fully saturated rings. The summed E-state index contributed by atoms with van der Waals surface area (Å²) in [6.45, 7) is 1.27. The van der Waals surface area contributed by atoms with Gasteiger partial charge in [0.25, 0.3) is 0 Å². The average Bonchev–Trinajstić information content (AvgIpc) is 2.87. The van der Waals surface area contributed by atoms with Gasteiger partial charge in [-0.25, -0.2) is 0 Å². The quantitative estimate of drug-likeness (QED) is 0.683. The summed E-state index contributed by atoms with van der Waals surface area (Å²) in [5.74, 6) is 0.286. The van der Waals surface area contributed by atoms with Crippen molar-refractivity contribution in [2.75, 3.05) is 13.1 Å². The van der Waals surface area contributed by atoms with Crippen molar-refractivity contribution >= 4 is 11.7 Å². The number of nitrogens with zero attached hydrogens (tertiary/aromatic N) is 1. The maximum absolute atomic E-state index is 11.5. The number of carbonyl (C=O) groups excluding carboxylic acids is 2. The smallest absolute Gasteiger partial charge is 0.234 e. The monoisotopic (exact) mass is 196 g/mol. The summed E-state index contributed by atoms with van der Waals surface area (Å²) in [5.41, 5.74) is 5.26. The molecule has 78 valence electrons. The van der Waals surface area contributed by atoms with Gasteiger partial charge in [-0.1, -0.05) is 0 Å². The first-order valence-corrected chi connectivity index (χ1v) is 5.24. The molecule has 0 spiro atoms. The summed E-state index contributed by atoms with van der Waals surface area (Å²) < 4.78 is 0. The van der Waals surface area contributed by atoms with Crippen molar-refractivity contribution in [3.05, 3.63) is 0 Å². The molecule has 1 unspecified atom stereocenters. The minimum absolute atomic E-state index is 0.197. The molecule has 0 radical (unpaired) electrons. The minimum atomic E-state index is -0.286. The largest absolute Gasteiger partial charge is 0.368 e. The van der Waals surface area contributed by atoms with E-state index in [0.29, 0.717) is 6.54 Å². The second kappa shape index (κ2) is 3.69. The summed E-state index contributed by atoms with van der Waals surface area (Å²) in [5, 5.41) is 0. The molecule has 0 aromatic rings. The van der Waals surface area contributed by atoms with Gasteiger partial charge in [0, 0.05) is 5.92 Å². The molecule has 0 bridgehead atoms. The first-order valence-electron chi connectivity index (χ1n) is 5.24. The highest BCUT2D eigenvalue weighted by Crippen LogP contribution is 2.30. The van der Waals surface area contributed by atoms with Crippen LogP contribution in [0.25, 0.3) is 0 Å². The third-order valence-electron chi connectivity index (χ3n) is 3.08. The molecule has 2 rings (SSSR count). The fraction of sp³-hybridized carbons (Fsp3) is 0.800. The van der Waals surface area contributed by atoms with E-state index in [9.17, 15) is 9.59 Å². The Bertz CT molecular complexity index is 261. The number of hydrogen-bond acceptors (Lipinski definition) is 3. The molecule has 14 heavy (non-hydrogen) atoms. The number of hydrogen-bond donors (Lipinski definition) is 1. The topological polar surface area (TPSA) is 63.4 Å². The van der Waals surface area contributed by atoms with Crippen LogP contribution in [0, 0.1) is 5.92 Å². The number of likely N-dealkylation sites (tertiary alicyclic amines) is 1. The second-order valence-electron chi connectivity index (χ2n) is 4.27. The zero-order valence-corrected chi connectivity index (χ0v) is 8.24. The molecule has 0 aromatic heterocycles. The molecule has 1 aliphatic carbocycles. The van der Waals surface area contributed by atoms with E-state index in [-0.39, 0.29) is 23.7 Å². The van der Waals surface area contributed by atoms with Crippen molar-refractivity contribution in [3.8, 4) is 0 Å². The van der Waals surface area contributed by atoms with Crippen LogP contribution < -0.4 is 5.73 Å². The number of primary amides is 1.